The number of carbonyl (C=O) groups excluding carboxylic acids is 1. The summed E-state index contributed by atoms with van der Waals surface area (Å²) in [6, 6.07) is 17.6. The van der Waals surface area contributed by atoms with E-state index in [1.807, 2.05) is 42.5 Å². The predicted molar refractivity (Wildman–Crippen MR) is 97.7 cm³/mol. The Hall–Kier alpha value is -2.09. The molecule has 0 heterocycles. The van der Waals surface area contributed by atoms with Crippen LogP contribution in [-0.4, -0.2) is 5.97 Å². The van der Waals surface area contributed by atoms with E-state index in [1.54, 1.807) is 0 Å². The average molecular weight is 332 g/mol. The van der Waals surface area contributed by atoms with Gasteiger partial charge in [0.25, 0.3) is 0 Å². The SMILES string of the molecule is O=C(Oc1ccccc1)c1ccc(C23CC4CC(CC(C4)C2)C3)cc1. The minimum atomic E-state index is -0.275. The second kappa shape index (κ2) is 5.72. The molecule has 25 heavy (non-hydrogen) atoms. The van der Waals surface area contributed by atoms with Crippen LogP contribution in [0.2, 0.25) is 0 Å². The van der Waals surface area contributed by atoms with Crippen LogP contribution in [0.15, 0.2) is 54.6 Å². The van der Waals surface area contributed by atoms with Gasteiger partial charge in [-0.05, 0) is 91.5 Å². The monoisotopic (exact) mass is 332 g/mol. The molecular weight excluding hydrogens is 308 g/mol. The number of hydrogen-bond acceptors (Lipinski definition) is 2. The third kappa shape index (κ3) is 2.68. The summed E-state index contributed by atoms with van der Waals surface area (Å²) in [5.74, 6) is 3.14. The average Bonchev–Trinajstić information content (AvgIpc) is 2.61. The van der Waals surface area contributed by atoms with E-state index in [-0.39, 0.29) is 5.97 Å². The Labute approximate surface area is 149 Å². The number of carbonyl (C=O) groups is 1. The third-order valence-corrected chi connectivity index (χ3v) is 6.72. The van der Waals surface area contributed by atoms with E-state index >= 15 is 0 Å². The van der Waals surface area contributed by atoms with Crippen LogP contribution < -0.4 is 4.74 Å². The minimum absolute atomic E-state index is 0.275. The molecule has 4 aliphatic carbocycles. The maximum absolute atomic E-state index is 12.4. The molecule has 2 aromatic rings. The van der Waals surface area contributed by atoms with Crippen LogP contribution in [0.4, 0.5) is 0 Å². The Balaban J connectivity index is 1.36. The number of para-hydroxylation sites is 1. The van der Waals surface area contributed by atoms with Crippen molar-refractivity contribution in [1.29, 1.82) is 0 Å². The van der Waals surface area contributed by atoms with E-state index < -0.39 is 0 Å². The first-order valence-corrected chi connectivity index (χ1v) is 9.58. The summed E-state index contributed by atoms with van der Waals surface area (Å²) < 4.78 is 5.45. The van der Waals surface area contributed by atoms with Gasteiger partial charge >= 0.3 is 5.97 Å². The lowest BCUT2D eigenvalue weighted by atomic mass is 9.48. The first-order valence-electron chi connectivity index (χ1n) is 9.58. The molecule has 0 spiro atoms. The van der Waals surface area contributed by atoms with Gasteiger partial charge in [0.2, 0.25) is 0 Å². The van der Waals surface area contributed by atoms with Gasteiger partial charge in [0.1, 0.15) is 5.75 Å². The second-order valence-electron chi connectivity index (χ2n) is 8.48. The van der Waals surface area contributed by atoms with Gasteiger partial charge in [-0.15, -0.1) is 0 Å². The lowest BCUT2D eigenvalue weighted by molar-refractivity contribution is -0.00520. The Morgan fingerprint density at radius 3 is 1.92 bits per heavy atom. The molecule has 2 aromatic carbocycles. The highest BCUT2D eigenvalue weighted by molar-refractivity contribution is 5.91. The predicted octanol–water partition coefficient (Wildman–Crippen LogP) is 5.37. The van der Waals surface area contributed by atoms with Crippen LogP contribution >= 0.6 is 0 Å². The van der Waals surface area contributed by atoms with Crippen LogP contribution in [0.3, 0.4) is 0 Å². The van der Waals surface area contributed by atoms with Crippen LogP contribution in [-0.2, 0) is 5.41 Å². The molecule has 0 N–H and O–H groups in total. The van der Waals surface area contributed by atoms with E-state index in [1.165, 1.54) is 44.1 Å². The first kappa shape index (κ1) is 15.2. The molecule has 2 nitrogen and oxygen atoms in total. The third-order valence-electron chi connectivity index (χ3n) is 6.72. The van der Waals surface area contributed by atoms with Crippen molar-refractivity contribution in [2.45, 2.75) is 43.9 Å². The molecule has 4 bridgehead atoms. The smallest absolute Gasteiger partial charge is 0.343 e. The van der Waals surface area contributed by atoms with Gasteiger partial charge in [0.15, 0.2) is 0 Å². The molecule has 0 saturated heterocycles. The van der Waals surface area contributed by atoms with Crippen molar-refractivity contribution in [1.82, 2.24) is 0 Å². The Morgan fingerprint density at radius 2 is 1.36 bits per heavy atom. The quantitative estimate of drug-likeness (QED) is 0.557. The maximum Gasteiger partial charge on any atom is 0.343 e. The molecule has 0 atom stereocenters. The van der Waals surface area contributed by atoms with E-state index in [9.17, 15) is 4.79 Å². The summed E-state index contributed by atoms with van der Waals surface area (Å²) in [4.78, 5) is 12.4. The summed E-state index contributed by atoms with van der Waals surface area (Å²) in [6.45, 7) is 0. The molecule has 128 valence electrons. The van der Waals surface area contributed by atoms with Crippen molar-refractivity contribution >= 4 is 5.97 Å². The molecular formula is C23H24O2. The Kier molecular flexibility index (Phi) is 3.48. The number of benzene rings is 2. The van der Waals surface area contributed by atoms with Crippen molar-refractivity contribution in [3.05, 3.63) is 65.7 Å². The van der Waals surface area contributed by atoms with Crippen molar-refractivity contribution in [2.24, 2.45) is 17.8 Å². The van der Waals surface area contributed by atoms with E-state index in [0.717, 1.165) is 17.8 Å². The molecule has 0 aromatic heterocycles. The molecule has 2 heteroatoms. The fourth-order valence-electron chi connectivity index (χ4n) is 6.08. The standard InChI is InChI=1S/C23H24O2/c24-22(25-21-4-2-1-3-5-21)19-6-8-20(9-7-19)23-13-16-10-17(14-23)12-18(11-16)15-23/h1-9,16-18H,10-15H2. The topological polar surface area (TPSA) is 26.3 Å². The molecule has 0 unspecified atom stereocenters. The number of esters is 1. The summed E-state index contributed by atoms with van der Waals surface area (Å²) in [5.41, 5.74) is 2.47. The van der Waals surface area contributed by atoms with E-state index in [2.05, 4.69) is 12.1 Å². The van der Waals surface area contributed by atoms with Crippen LogP contribution in [0, 0.1) is 17.8 Å². The van der Waals surface area contributed by atoms with Crippen molar-refractivity contribution in [3.63, 3.8) is 0 Å². The molecule has 0 radical (unpaired) electrons. The largest absolute Gasteiger partial charge is 0.423 e. The van der Waals surface area contributed by atoms with E-state index in [4.69, 9.17) is 4.74 Å². The summed E-state index contributed by atoms with van der Waals surface area (Å²) in [7, 11) is 0. The summed E-state index contributed by atoms with van der Waals surface area (Å²) in [5, 5.41) is 0. The van der Waals surface area contributed by atoms with Gasteiger partial charge < -0.3 is 4.74 Å². The zero-order chi connectivity index (χ0) is 16.9. The van der Waals surface area contributed by atoms with Crippen molar-refractivity contribution in [3.8, 4) is 5.75 Å². The normalized spacial score (nSPS) is 32.6. The lowest BCUT2D eigenvalue weighted by Crippen LogP contribution is -2.48. The van der Waals surface area contributed by atoms with Crippen LogP contribution in [0.5, 0.6) is 5.75 Å². The molecule has 0 amide bonds. The van der Waals surface area contributed by atoms with Crippen LogP contribution in [0.1, 0.15) is 54.4 Å². The highest BCUT2D eigenvalue weighted by Gasteiger charge is 2.51. The summed E-state index contributed by atoms with van der Waals surface area (Å²) >= 11 is 0. The fraction of sp³-hybridized carbons (Fsp3) is 0.435. The van der Waals surface area contributed by atoms with E-state index in [0.29, 0.717) is 16.7 Å². The highest BCUT2D eigenvalue weighted by Crippen LogP contribution is 2.60. The highest BCUT2D eigenvalue weighted by atomic mass is 16.5. The van der Waals surface area contributed by atoms with Gasteiger partial charge in [-0.25, -0.2) is 4.79 Å². The number of ether oxygens (including phenoxy) is 1. The molecule has 4 aliphatic rings. The molecule has 4 saturated carbocycles. The number of rotatable bonds is 3. The van der Waals surface area contributed by atoms with Crippen molar-refractivity contribution < 1.29 is 9.53 Å². The Bertz CT molecular complexity index is 740. The van der Waals surface area contributed by atoms with Gasteiger partial charge in [0, 0.05) is 0 Å². The van der Waals surface area contributed by atoms with Gasteiger partial charge in [-0.2, -0.15) is 0 Å². The second-order valence-corrected chi connectivity index (χ2v) is 8.48. The fourth-order valence-corrected chi connectivity index (χ4v) is 6.08. The van der Waals surface area contributed by atoms with Crippen molar-refractivity contribution in [2.75, 3.05) is 0 Å². The van der Waals surface area contributed by atoms with Gasteiger partial charge in [-0.1, -0.05) is 30.3 Å². The van der Waals surface area contributed by atoms with Crippen LogP contribution in [0.25, 0.3) is 0 Å². The van der Waals surface area contributed by atoms with Gasteiger partial charge in [-0.3, -0.25) is 0 Å². The summed E-state index contributed by atoms with van der Waals surface area (Å²) in [6.07, 6.45) is 8.44. The molecule has 0 aliphatic heterocycles. The number of hydrogen-bond donors (Lipinski definition) is 0. The lowest BCUT2D eigenvalue weighted by Gasteiger charge is -2.57. The first-order chi connectivity index (χ1) is 12.2. The molecule has 6 rings (SSSR count). The molecule has 4 fully saturated rings. The zero-order valence-corrected chi connectivity index (χ0v) is 14.5. The Morgan fingerprint density at radius 1 is 0.800 bits per heavy atom. The maximum atomic E-state index is 12.4. The van der Waals surface area contributed by atoms with Gasteiger partial charge in [0.05, 0.1) is 5.56 Å². The minimum Gasteiger partial charge on any atom is -0.423 e. The zero-order valence-electron chi connectivity index (χ0n) is 14.5.